The molecule has 130 valence electrons. The van der Waals surface area contributed by atoms with E-state index in [0.717, 1.165) is 5.56 Å². The quantitative estimate of drug-likeness (QED) is 0.548. The lowest BCUT2D eigenvalue weighted by molar-refractivity contribution is 0.0979. The molecular weight excluding hydrogens is 351 g/mol. The highest BCUT2D eigenvalue weighted by molar-refractivity contribution is 7.22. The van der Waals surface area contributed by atoms with Crippen molar-refractivity contribution >= 4 is 32.6 Å². The molecule has 0 spiro atoms. The van der Waals surface area contributed by atoms with E-state index >= 15 is 0 Å². The minimum atomic E-state index is -0.394. The van der Waals surface area contributed by atoms with Gasteiger partial charge in [0.15, 0.2) is 10.8 Å². The molecule has 0 radical (unpaired) electrons. The van der Waals surface area contributed by atoms with Crippen LogP contribution in [0, 0.1) is 5.82 Å². The number of amides is 1. The third kappa shape index (κ3) is 3.09. The Balaban J connectivity index is 1.78. The van der Waals surface area contributed by atoms with Crippen molar-refractivity contribution in [2.75, 3.05) is 4.90 Å². The first kappa shape index (κ1) is 16.4. The molecule has 7 heteroatoms. The minimum Gasteiger partial charge on any atom is -0.278 e. The maximum absolute atomic E-state index is 14.0. The summed E-state index contributed by atoms with van der Waals surface area (Å²) in [7, 11) is 1.76. The van der Waals surface area contributed by atoms with Gasteiger partial charge in [-0.2, -0.15) is 5.10 Å². The number of rotatable bonds is 4. The van der Waals surface area contributed by atoms with Crippen molar-refractivity contribution in [3.8, 4) is 0 Å². The van der Waals surface area contributed by atoms with E-state index in [1.807, 2.05) is 30.3 Å². The van der Waals surface area contributed by atoms with E-state index in [0.29, 0.717) is 22.1 Å². The Hall–Kier alpha value is -3.06. The SMILES string of the molecule is Cn1ccc(C(=O)N(Cc2ccccc2)c2nc3c(F)cccc3s2)n1. The highest BCUT2D eigenvalue weighted by atomic mass is 32.1. The number of aromatic nitrogens is 3. The summed E-state index contributed by atoms with van der Waals surface area (Å²) in [5.41, 5.74) is 1.55. The van der Waals surface area contributed by atoms with E-state index in [2.05, 4.69) is 10.1 Å². The molecule has 0 aliphatic carbocycles. The number of fused-ring (bicyclic) bond motifs is 1. The van der Waals surface area contributed by atoms with Gasteiger partial charge in [0, 0.05) is 13.2 Å². The topological polar surface area (TPSA) is 51.0 Å². The summed E-state index contributed by atoms with van der Waals surface area (Å²) in [5, 5.41) is 4.65. The summed E-state index contributed by atoms with van der Waals surface area (Å²) in [4.78, 5) is 19.0. The van der Waals surface area contributed by atoms with Crippen LogP contribution in [0.25, 0.3) is 10.2 Å². The molecule has 1 amide bonds. The van der Waals surface area contributed by atoms with Gasteiger partial charge < -0.3 is 0 Å². The van der Waals surface area contributed by atoms with Gasteiger partial charge in [-0.25, -0.2) is 9.37 Å². The molecule has 4 rings (SSSR count). The first-order chi connectivity index (χ1) is 12.6. The van der Waals surface area contributed by atoms with Crippen molar-refractivity contribution in [2.24, 2.45) is 7.05 Å². The number of hydrogen-bond donors (Lipinski definition) is 0. The van der Waals surface area contributed by atoms with Gasteiger partial charge in [0.25, 0.3) is 5.91 Å². The zero-order valence-electron chi connectivity index (χ0n) is 14.0. The van der Waals surface area contributed by atoms with Gasteiger partial charge in [0.2, 0.25) is 0 Å². The lowest BCUT2D eigenvalue weighted by Crippen LogP contribution is -2.30. The Morgan fingerprint density at radius 2 is 1.96 bits per heavy atom. The standard InChI is InChI=1S/C19H15FN4OS/c1-23-11-10-15(22-23)18(25)24(12-13-6-3-2-4-7-13)19-21-17-14(20)8-5-9-16(17)26-19/h2-11H,12H2,1H3. The van der Waals surface area contributed by atoms with Crippen LogP contribution >= 0.6 is 11.3 Å². The summed E-state index contributed by atoms with van der Waals surface area (Å²) in [6.07, 6.45) is 1.71. The average molecular weight is 366 g/mol. The van der Waals surface area contributed by atoms with Crippen LogP contribution in [0.4, 0.5) is 9.52 Å². The second kappa shape index (κ2) is 6.68. The molecule has 0 bridgehead atoms. The number of carbonyl (C=O) groups excluding carboxylic acids is 1. The van der Waals surface area contributed by atoms with E-state index < -0.39 is 5.82 Å². The molecule has 4 aromatic rings. The van der Waals surface area contributed by atoms with Crippen LogP contribution in [0.5, 0.6) is 0 Å². The molecule has 0 saturated heterocycles. The van der Waals surface area contributed by atoms with E-state index in [4.69, 9.17) is 0 Å². The van der Waals surface area contributed by atoms with Gasteiger partial charge >= 0.3 is 0 Å². The summed E-state index contributed by atoms with van der Waals surface area (Å²) < 4.78 is 16.3. The molecular formula is C19H15FN4OS. The number of benzene rings is 2. The molecule has 2 heterocycles. The van der Waals surface area contributed by atoms with Gasteiger partial charge in [0.05, 0.1) is 11.2 Å². The smallest absolute Gasteiger partial charge is 0.278 e. The van der Waals surface area contributed by atoms with Crippen LogP contribution in [-0.2, 0) is 13.6 Å². The van der Waals surface area contributed by atoms with Crippen LogP contribution < -0.4 is 4.90 Å². The Bertz CT molecular complexity index is 1070. The van der Waals surface area contributed by atoms with Crippen LogP contribution in [-0.4, -0.2) is 20.7 Å². The second-order valence-corrected chi connectivity index (χ2v) is 6.84. The number of nitrogens with zero attached hydrogens (tertiary/aromatic N) is 4. The monoisotopic (exact) mass is 366 g/mol. The molecule has 0 fully saturated rings. The number of aryl methyl sites for hydroxylation is 1. The highest BCUT2D eigenvalue weighted by Crippen LogP contribution is 2.31. The predicted molar refractivity (Wildman–Crippen MR) is 99.7 cm³/mol. The molecule has 26 heavy (non-hydrogen) atoms. The number of carbonyl (C=O) groups is 1. The van der Waals surface area contributed by atoms with E-state index in [1.54, 1.807) is 41.0 Å². The first-order valence-corrected chi connectivity index (χ1v) is 8.84. The zero-order chi connectivity index (χ0) is 18.1. The fourth-order valence-corrected chi connectivity index (χ4v) is 3.66. The van der Waals surface area contributed by atoms with Gasteiger partial charge in [-0.1, -0.05) is 47.7 Å². The number of halogens is 1. The van der Waals surface area contributed by atoms with Crippen LogP contribution in [0.15, 0.2) is 60.8 Å². The first-order valence-electron chi connectivity index (χ1n) is 8.02. The van der Waals surface area contributed by atoms with Crippen molar-refractivity contribution < 1.29 is 9.18 Å². The summed E-state index contributed by atoms with van der Waals surface area (Å²) >= 11 is 1.29. The second-order valence-electron chi connectivity index (χ2n) is 5.83. The summed E-state index contributed by atoms with van der Waals surface area (Å²) in [6, 6.07) is 16.1. The van der Waals surface area contributed by atoms with E-state index in [1.165, 1.54) is 17.4 Å². The molecule has 0 unspecified atom stereocenters. The predicted octanol–water partition coefficient (Wildman–Crippen LogP) is 4.02. The molecule has 0 N–H and O–H groups in total. The van der Waals surface area contributed by atoms with Crippen molar-refractivity contribution in [1.82, 2.24) is 14.8 Å². The fourth-order valence-electron chi connectivity index (χ4n) is 2.68. The molecule has 5 nitrogen and oxygen atoms in total. The molecule has 2 aromatic carbocycles. The van der Waals surface area contributed by atoms with Crippen LogP contribution in [0.2, 0.25) is 0 Å². The highest BCUT2D eigenvalue weighted by Gasteiger charge is 2.24. The van der Waals surface area contributed by atoms with Gasteiger partial charge in [-0.05, 0) is 23.8 Å². The normalized spacial score (nSPS) is 11.0. The minimum absolute atomic E-state index is 0.270. The summed E-state index contributed by atoms with van der Waals surface area (Å²) in [5.74, 6) is -0.663. The lowest BCUT2D eigenvalue weighted by Gasteiger charge is -2.19. The number of hydrogen-bond acceptors (Lipinski definition) is 4. The van der Waals surface area contributed by atoms with Crippen molar-refractivity contribution in [2.45, 2.75) is 6.54 Å². The molecule has 0 aliphatic rings. The molecule has 0 saturated carbocycles. The maximum atomic E-state index is 14.0. The maximum Gasteiger partial charge on any atom is 0.280 e. The Kier molecular flexibility index (Phi) is 4.22. The number of anilines is 1. The Morgan fingerprint density at radius 3 is 2.65 bits per heavy atom. The lowest BCUT2D eigenvalue weighted by atomic mass is 10.2. The van der Waals surface area contributed by atoms with Gasteiger partial charge in [0.1, 0.15) is 11.3 Å². The Labute approximate surface area is 153 Å². The van der Waals surface area contributed by atoms with Gasteiger partial charge in [-0.15, -0.1) is 0 Å². The van der Waals surface area contributed by atoms with Crippen LogP contribution in [0.1, 0.15) is 16.1 Å². The average Bonchev–Trinajstić information content (AvgIpc) is 3.27. The van der Waals surface area contributed by atoms with Crippen molar-refractivity contribution in [1.29, 1.82) is 0 Å². The Morgan fingerprint density at radius 1 is 1.15 bits per heavy atom. The third-order valence-corrected chi connectivity index (χ3v) is 4.99. The molecule has 0 atom stereocenters. The van der Waals surface area contributed by atoms with E-state index in [9.17, 15) is 9.18 Å². The van der Waals surface area contributed by atoms with Crippen molar-refractivity contribution in [3.05, 3.63) is 77.9 Å². The van der Waals surface area contributed by atoms with E-state index in [-0.39, 0.29) is 11.4 Å². The zero-order valence-corrected chi connectivity index (χ0v) is 14.8. The van der Waals surface area contributed by atoms with Crippen LogP contribution in [0.3, 0.4) is 0 Å². The number of thiazole rings is 1. The number of para-hydroxylation sites is 1. The fraction of sp³-hybridized carbons (Fsp3) is 0.105. The third-order valence-electron chi connectivity index (χ3n) is 3.95. The van der Waals surface area contributed by atoms with Crippen molar-refractivity contribution in [3.63, 3.8) is 0 Å². The molecule has 2 aromatic heterocycles. The largest absolute Gasteiger partial charge is 0.280 e. The van der Waals surface area contributed by atoms with Gasteiger partial charge in [-0.3, -0.25) is 14.4 Å². The summed E-state index contributed by atoms with van der Waals surface area (Å²) in [6.45, 7) is 0.331. The molecule has 0 aliphatic heterocycles.